The largest absolute Gasteiger partial charge is 0.383 e. The number of methoxy groups -OCH3 is 1. The lowest BCUT2D eigenvalue weighted by atomic mass is 10.1. The smallest absolute Gasteiger partial charge is 0.329 e. The van der Waals surface area contributed by atoms with E-state index >= 15 is 0 Å². The van der Waals surface area contributed by atoms with Gasteiger partial charge >= 0.3 is 5.69 Å². The Labute approximate surface area is 146 Å². The summed E-state index contributed by atoms with van der Waals surface area (Å²) in [5.74, 6) is -0.256. The molecule has 0 atom stereocenters. The van der Waals surface area contributed by atoms with Gasteiger partial charge in [-0.1, -0.05) is 26.0 Å². The van der Waals surface area contributed by atoms with Gasteiger partial charge in [0.25, 0.3) is 5.56 Å². The fourth-order valence-electron chi connectivity index (χ4n) is 3.00. The molecule has 1 aromatic heterocycles. The minimum Gasteiger partial charge on any atom is -0.383 e. The predicted octanol–water partition coefficient (Wildman–Crippen LogP) is 1.35. The van der Waals surface area contributed by atoms with Crippen molar-refractivity contribution in [1.82, 2.24) is 14.5 Å². The molecular weight excluding hydrogens is 322 g/mol. The van der Waals surface area contributed by atoms with Crippen LogP contribution in [0.5, 0.6) is 0 Å². The SMILES string of the molecule is CCC(CC)N(CCOC)C(=O)Cn1c(=O)[nH]c2ccccc2c1=O. The summed E-state index contributed by atoms with van der Waals surface area (Å²) in [7, 11) is 1.58. The molecule has 1 aromatic carbocycles. The van der Waals surface area contributed by atoms with Crippen molar-refractivity contribution in [3.8, 4) is 0 Å². The summed E-state index contributed by atoms with van der Waals surface area (Å²) in [6.07, 6.45) is 1.60. The van der Waals surface area contributed by atoms with Crippen molar-refractivity contribution in [2.45, 2.75) is 39.3 Å². The van der Waals surface area contributed by atoms with E-state index in [1.54, 1.807) is 36.3 Å². The zero-order valence-corrected chi connectivity index (χ0v) is 14.9. The fourth-order valence-corrected chi connectivity index (χ4v) is 3.00. The Morgan fingerprint density at radius 2 is 1.92 bits per heavy atom. The number of ether oxygens (including phenoxy) is 1. The highest BCUT2D eigenvalue weighted by Gasteiger charge is 2.22. The highest BCUT2D eigenvalue weighted by molar-refractivity contribution is 5.79. The van der Waals surface area contributed by atoms with Gasteiger partial charge in [-0.15, -0.1) is 0 Å². The van der Waals surface area contributed by atoms with Gasteiger partial charge in [0.1, 0.15) is 6.54 Å². The highest BCUT2D eigenvalue weighted by atomic mass is 16.5. The van der Waals surface area contributed by atoms with Crippen LogP contribution in [0.2, 0.25) is 0 Å². The molecule has 0 radical (unpaired) electrons. The Morgan fingerprint density at radius 3 is 2.56 bits per heavy atom. The quantitative estimate of drug-likeness (QED) is 0.781. The third-order valence-electron chi connectivity index (χ3n) is 4.42. The van der Waals surface area contributed by atoms with Gasteiger partial charge < -0.3 is 14.6 Å². The van der Waals surface area contributed by atoms with E-state index in [2.05, 4.69) is 4.98 Å². The molecular formula is C18H25N3O4. The molecule has 0 aliphatic carbocycles. The van der Waals surface area contributed by atoms with Gasteiger partial charge in [0.05, 0.1) is 17.5 Å². The van der Waals surface area contributed by atoms with Crippen molar-refractivity contribution in [2.75, 3.05) is 20.3 Å². The average Bonchev–Trinajstić information content (AvgIpc) is 2.62. The van der Waals surface area contributed by atoms with Crippen LogP contribution < -0.4 is 11.2 Å². The van der Waals surface area contributed by atoms with Crippen molar-refractivity contribution >= 4 is 16.8 Å². The van der Waals surface area contributed by atoms with Crippen LogP contribution in [0.25, 0.3) is 10.9 Å². The molecule has 1 N–H and O–H groups in total. The van der Waals surface area contributed by atoms with Crippen molar-refractivity contribution in [2.24, 2.45) is 0 Å². The van der Waals surface area contributed by atoms with Crippen LogP contribution in [0.4, 0.5) is 0 Å². The van der Waals surface area contributed by atoms with Gasteiger partial charge in [-0.3, -0.25) is 14.2 Å². The molecule has 25 heavy (non-hydrogen) atoms. The van der Waals surface area contributed by atoms with Crippen LogP contribution in [0, 0.1) is 0 Å². The van der Waals surface area contributed by atoms with Crippen LogP contribution in [0.3, 0.4) is 0 Å². The molecule has 0 saturated carbocycles. The van der Waals surface area contributed by atoms with Gasteiger partial charge in [0, 0.05) is 19.7 Å². The van der Waals surface area contributed by atoms with Gasteiger partial charge in [-0.05, 0) is 25.0 Å². The van der Waals surface area contributed by atoms with Gasteiger partial charge in [0.2, 0.25) is 5.91 Å². The third-order valence-corrected chi connectivity index (χ3v) is 4.42. The molecule has 1 heterocycles. The van der Waals surface area contributed by atoms with Gasteiger partial charge in [-0.25, -0.2) is 4.79 Å². The first-order chi connectivity index (χ1) is 12.0. The van der Waals surface area contributed by atoms with E-state index in [1.165, 1.54) is 0 Å². The number of hydrogen-bond donors (Lipinski definition) is 1. The monoisotopic (exact) mass is 347 g/mol. The number of carbonyl (C=O) groups is 1. The lowest BCUT2D eigenvalue weighted by Gasteiger charge is -2.30. The number of carbonyl (C=O) groups excluding carboxylic acids is 1. The van der Waals surface area contributed by atoms with E-state index in [-0.39, 0.29) is 18.5 Å². The number of H-pyrrole nitrogens is 1. The second-order valence-electron chi connectivity index (χ2n) is 5.92. The number of aromatic amines is 1. The average molecular weight is 347 g/mol. The van der Waals surface area contributed by atoms with E-state index in [0.29, 0.717) is 24.1 Å². The normalized spacial score (nSPS) is 11.2. The first kappa shape index (κ1) is 18.9. The van der Waals surface area contributed by atoms with E-state index in [9.17, 15) is 14.4 Å². The maximum absolute atomic E-state index is 12.8. The first-order valence-corrected chi connectivity index (χ1v) is 8.53. The van der Waals surface area contributed by atoms with E-state index < -0.39 is 11.2 Å². The number of aromatic nitrogens is 2. The number of hydrogen-bond acceptors (Lipinski definition) is 4. The number of para-hydroxylation sites is 1. The maximum Gasteiger partial charge on any atom is 0.329 e. The molecule has 0 aliphatic heterocycles. The number of nitrogens with one attached hydrogen (secondary N) is 1. The van der Waals surface area contributed by atoms with Gasteiger partial charge in [0.15, 0.2) is 0 Å². The summed E-state index contributed by atoms with van der Waals surface area (Å²) in [6, 6.07) is 6.83. The minimum atomic E-state index is -0.576. The first-order valence-electron chi connectivity index (χ1n) is 8.53. The molecule has 7 heteroatoms. The molecule has 1 amide bonds. The lowest BCUT2D eigenvalue weighted by Crippen LogP contribution is -2.47. The molecule has 136 valence electrons. The molecule has 0 aliphatic rings. The Balaban J connectivity index is 2.36. The summed E-state index contributed by atoms with van der Waals surface area (Å²) in [5, 5.41) is 0.390. The molecule has 2 aromatic rings. The van der Waals surface area contributed by atoms with E-state index in [1.807, 2.05) is 13.8 Å². The Hall–Kier alpha value is -2.41. The summed E-state index contributed by atoms with van der Waals surface area (Å²) in [4.78, 5) is 42.0. The van der Waals surface area contributed by atoms with E-state index in [0.717, 1.165) is 17.4 Å². The second kappa shape index (κ2) is 8.62. The topological polar surface area (TPSA) is 84.4 Å². The Kier molecular flexibility index (Phi) is 6.52. The minimum absolute atomic E-state index is 0.0536. The van der Waals surface area contributed by atoms with Crippen LogP contribution in [-0.2, 0) is 16.1 Å². The van der Waals surface area contributed by atoms with Crippen molar-refractivity contribution in [3.63, 3.8) is 0 Å². The van der Waals surface area contributed by atoms with E-state index in [4.69, 9.17) is 4.74 Å². The fraction of sp³-hybridized carbons (Fsp3) is 0.500. The third kappa shape index (κ3) is 4.17. The zero-order valence-electron chi connectivity index (χ0n) is 14.9. The van der Waals surface area contributed by atoms with Crippen molar-refractivity contribution in [3.05, 3.63) is 45.1 Å². The Bertz CT molecular complexity index is 836. The summed E-state index contributed by atoms with van der Waals surface area (Å²) in [6.45, 7) is 4.58. The zero-order chi connectivity index (χ0) is 18.4. The molecule has 0 saturated heterocycles. The molecule has 0 fully saturated rings. The molecule has 0 spiro atoms. The van der Waals surface area contributed by atoms with Crippen molar-refractivity contribution in [1.29, 1.82) is 0 Å². The summed E-state index contributed by atoms with van der Waals surface area (Å²) < 4.78 is 6.05. The number of nitrogens with zero attached hydrogens (tertiary/aromatic N) is 2. The number of rotatable bonds is 8. The number of benzene rings is 1. The van der Waals surface area contributed by atoms with Gasteiger partial charge in [-0.2, -0.15) is 0 Å². The predicted molar refractivity (Wildman–Crippen MR) is 96.8 cm³/mol. The molecule has 0 unspecified atom stereocenters. The second-order valence-corrected chi connectivity index (χ2v) is 5.92. The van der Waals surface area contributed by atoms with Crippen LogP contribution in [0.15, 0.2) is 33.9 Å². The highest BCUT2D eigenvalue weighted by Crippen LogP contribution is 2.10. The number of fused-ring (bicyclic) bond motifs is 1. The molecule has 0 bridgehead atoms. The molecule has 7 nitrogen and oxygen atoms in total. The maximum atomic E-state index is 12.8. The standard InChI is InChI=1S/C18H25N3O4/c1-4-13(5-2)20(10-11-25-3)16(22)12-21-17(23)14-8-6-7-9-15(14)19-18(21)24/h6-9,13H,4-5,10-12H2,1-3H3,(H,19,24). The lowest BCUT2D eigenvalue weighted by molar-refractivity contribution is -0.135. The number of amides is 1. The summed E-state index contributed by atoms with van der Waals surface area (Å²) >= 11 is 0. The van der Waals surface area contributed by atoms with Crippen LogP contribution >= 0.6 is 0 Å². The summed E-state index contributed by atoms with van der Waals surface area (Å²) in [5.41, 5.74) is -0.561. The van der Waals surface area contributed by atoms with Crippen LogP contribution in [0.1, 0.15) is 26.7 Å². The molecule has 2 rings (SSSR count). The Morgan fingerprint density at radius 1 is 1.24 bits per heavy atom. The van der Waals surface area contributed by atoms with Crippen molar-refractivity contribution < 1.29 is 9.53 Å². The van der Waals surface area contributed by atoms with Crippen LogP contribution in [-0.4, -0.2) is 46.7 Å².